The minimum absolute atomic E-state index is 0.254. The van der Waals surface area contributed by atoms with Crippen molar-refractivity contribution in [2.45, 2.75) is 45.1 Å². The fraction of sp³-hybridized carbons (Fsp3) is 0.400. The third-order valence-corrected chi connectivity index (χ3v) is 5.58. The summed E-state index contributed by atoms with van der Waals surface area (Å²) in [5, 5.41) is 4.94. The number of nitrogens with two attached hydrogens (primary N) is 1. The van der Waals surface area contributed by atoms with Crippen LogP contribution < -0.4 is 11.1 Å². The molecule has 5 nitrogen and oxygen atoms in total. The number of hydrogen-bond donors (Lipinski definition) is 3. The number of rotatable bonds is 4. The average Bonchev–Trinajstić information content (AvgIpc) is 3.01. The molecule has 1 aliphatic rings. The molecule has 1 aliphatic carbocycles. The van der Waals surface area contributed by atoms with Gasteiger partial charge >= 0.3 is 0 Å². The first-order valence-corrected chi connectivity index (χ1v) is 9.21. The van der Waals surface area contributed by atoms with Gasteiger partial charge in [0.15, 0.2) is 0 Å². The lowest BCUT2D eigenvalue weighted by atomic mass is 9.84. The molecule has 0 unspecified atom stereocenters. The topological polar surface area (TPSA) is 83.8 Å². The highest BCUT2D eigenvalue weighted by atomic mass is 19.1. The number of nitrogens with zero attached hydrogens (tertiary/aromatic N) is 1. The molecule has 1 aromatic carbocycles. The third-order valence-electron chi connectivity index (χ3n) is 5.58. The molecule has 1 saturated carbocycles. The van der Waals surface area contributed by atoms with E-state index in [2.05, 4.69) is 22.2 Å². The number of aromatic amines is 1. The van der Waals surface area contributed by atoms with Gasteiger partial charge in [-0.1, -0.05) is 19.3 Å². The lowest BCUT2D eigenvalue weighted by molar-refractivity contribution is 0.100. The van der Waals surface area contributed by atoms with Crippen LogP contribution in [0.15, 0.2) is 24.4 Å². The predicted molar refractivity (Wildman–Crippen MR) is 102 cm³/mol. The van der Waals surface area contributed by atoms with Crippen molar-refractivity contribution in [1.82, 2.24) is 9.97 Å². The molecule has 1 atom stereocenters. The minimum Gasteiger partial charge on any atom is -0.367 e. The molecule has 4 N–H and O–H groups in total. The van der Waals surface area contributed by atoms with Crippen molar-refractivity contribution in [2.75, 3.05) is 5.32 Å². The van der Waals surface area contributed by atoms with Gasteiger partial charge in [-0.15, -0.1) is 0 Å². The van der Waals surface area contributed by atoms with Crippen molar-refractivity contribution in [3.63, 3.8) is 0 Å². The maximum absolute atomic E-state index is 13.8. The Balaban J connectivity index is 1.83. The molecule has 0 saturated heterocycles. The van der Waals surface area contributed by atoms with Gasteiger partial charge in [-0.05, 0) is 43.9 Å². The van der Waals surface area contributed by atoms with Gasteiger partial charge in [0.25, 0.3) is 5.91 Å². The molecule has 6 heteroatoms. The van der Waals surface area contributed by atoms with Gasteiger partial charge in [0.1, 0.15) is 11.6 Å². The molecule has 2 aromatic heterocycles. The molecule has 26 heavy (non-hydrogen) atoms. The molecule has 0 radical (unpaired) electrons. The SMILES string of the molecule is C[C@@H](Nc1ncc(C(N)=O)c2[nH]c3ccc(F)cc3c12)C1CCCCC1. The fourth-order valence-electron chi connectivity index (χ4n) is 4.13. The van der Waals surface area contributed by atoms with Crippen LogP contribution in [0, 0.1) is 11.7 Å². The predicted octanol–water partition coefficient (Wildman–Crippen LogP) is 4.33. The van der Waals surface area contributed by atoms with Crippen LogP contribution >= 0.6 is 0 Å². The largest absolute Gasteiger partial charge is 0.367 e. The first-order chi connectivity index (χ1) is 12.5. The number of carbonyl (C=O) groups excluding carboxylic acids is 1. The highest BCUT2D eigenvalue weighted by molar-refractivity contribution is 6.18. The molecule has 4 rings (SSSR count). The fourth-order valence-corrected chi connectivity index (χ4v) is 4.13. The molecule has 0 bridgehead atoms. The van der Waals surface area contributed by atoms with Gasteiger partial charge in [0.2, 0.25) is 0 Å². The number of aromatic nitrogens is 2. The number of nitrogens with one attached hydrogen (secondary N) is 2. The number of amides is 1. The molecule has 136 valence electrons. The van der Waals surface area contributed by atoms with E-state index in [-0.39, 0.29) is 11.9 Å². The van der Waals surface area contributed by atoms with E-state index in [0.29, 0.717) is 28.2 Å². The van der Waals surface area contributed by atoms with Crippen LogP contribution in [-0.2, 0) is 0 Å². The first-order valence-electron chi connectivity index (χ1n) is 9.21. The van der Waals surface area contributed by atoms with Crippen molar-refractivity contribution in [1.29, 1.82) is 0 Å². The summed E-state index contributed by atoms with van der Waals surface area (Å²) in [5.74, 6) is 0.383. The second kappa shape index (κ2) is 6.59. The zero-order chi connectivity index (χ0) is 18.3. The van der Waals surface area contributed by atoms with Crippen LogP contribution in [0.3, 0.4) is 0 Å². The molecule has 0 aliphatic heterocycles. The van der Waals surface area contributed by atoms with Gasteiger partial charge in [-0.3, -0.25) is 4.79 Å². The second-order valence-corrected chi connectivity index (χ2v) is 7.28. The smallest absolute Gasteiger partial charge is 0.252 e. The molecule has 0 spiro atoms. The van der Waals surface area contributed by atoms with Crippen LogP contribution in [0.2, 0.25) is 0 Å². The van der Waals surface area contributed by atoms with Crippen molar-refractivity contribution < 1.29 is 9.18 Å². The van der Waals surface area contributed by atoms with E-state index in [1.165, 1.54) is 50.4 Å². The van der Waals surface area contributed by atoms with Gasteiger partial charge < -0.3 is 16.0 Å². The van der Waals surface area contributed by atoms with Crippen molar-refractivity contribution in [3.05, 3.63) is 35.8 Å². The molecule has 2 heterocycles. The summed E-state index contributed by atoms with van der Waals surface area (Å²) in [6, 6.07) is 4.79. The van der Waals surface area contributed by atoms with Crippen molar-refractivity contribution in [3.8, 4) is 0 Å². The maximum atomic E-state index is 13.8. The van der Waals surface area contributed by atoms with E-state index in [9.17, 15) is 9.18 Å². The Bertz CT molecular complexity index is 975. The Kier molecular flexibility index (Phi) is 4.26. The van der Waals surface area contributed by atoms with Crippen LogP contribution in [-0.4, -0.2) is 21.9 Å². The molecule has 3 aromatic rings. The molecular formula is C20H23FN4O. The van der Waals surface area contributed by atoms with Crippen molar-refractivity contribution in [2.24, 2.45) is 11.7 Å². The van der Waals surface area contributed by atoms with E-state index in [4.69, 9.17) is 5.73 Å². The summed E-state index contributed by atoms with van der Waals surface area (Å²) < 4.78 is 13.8. The minimum atomic E-state index is -0.554. The van der Waals surface area contributed by atoms with Gasteiger partial charge in [-0.2, -0.15) is 0 Å². The number of anilines is 1. The summed E-state index contributed by atoms with van der Waals surface area (Å²) in [6.45, 7) is 2.17. The van der Waals surface area contributed by atoms with Gasteiger partial charge in [-0.25, -0.2) is 9.37 Å². The normalized spacial score (nSPS) is 16.8. The zero-order valence-electron chi connectivity index (χ0n) is 14.8. The number of hydrogen-bond acceptors (Lipinski definition) is 3. The van der Waals surface area contributed by atoms with Crippen LogP contribution in [0.25, 0.3) is 21.8 Å². The quantitative estimate of drug-likeness (QED) is 0.652. The third kappa shape index (κ3) is 2.89. The highest BCUT2D eigenvalue weighted by Gasteiger charge is 2.23. The number of benzene rings is 1. The Morgan fingerprint density at radius 3 is 2.85 bits per heavy atom. The Morgan fingerprint density at radius 1 is 1.35 bits per heavy atom. The summed E-state index contributed by atoms with van der Waals surface area (Å²) in [4.78, 5) is 19.5. The van der Waals surface area contributed by atoms with Crippen LogP contribution in [0.1, 0.15) is 49.4 Å². The van der Waals surface area contributed by atoms with E-state index < -0.39 is 5.91 Å². The number of primary amides is 1. The number of fused-ring (bicyclic) bond motifs is 3. The Hall–Kier alpha value is -2.63. The second-order valence-electron chi connectivity index (χ2n) is 7.28. The lowest BCUT2D eigenvalue weighted by Crippen LogP contribution is -2.28. The Labute approximate surface area is 151 Å². The molecule has 1 amide bonds. The Morgan fingerprint density at radius 2 is 2.12 bits per heavy atom. The van der Waals surface area contributed by atoms with Gasteiger partial charge in [0, 0.05) is 23.1 Å². The summed E-state index contributed by atoms with van der Waals surface area (Å²) in [6.07, 6.45) is 7.74. The van der Waals surface area contributed by atoms with E-state index in [0.717, 1.165) is 10.9 Å². The first kappa shape index (κ1) is 16.8. The van der Waals surface area contributed by atoms with E-state index in [1.54, 1.807) is 6.07 Å². The van der Waals surface area contributed by atoms with Crippen LogP contribution in [0.4, 0.5) is 10.2 Å². The molecule has 1 fully saturated rings. The molecular weight excluding hydrogens is 331 g/mol. The number of carbonyl (C=O) groups is 1. The number of halogens is 1. The van der Waals surface area contributed by atoms with E-state index >= 15 is 0 Å². The zero-order valence-corrected chi connectivity index (χ0v) is 14.8. The summed E-state index contributed by atoms with van der Waals surface area (Å²) >= 11 is 0. The summed E-state index contributed by atoms with van der Waals surface area (Å²) in [5.41, 5.74) is 7.18. The van der Waals surface area contributed by atoms with Gasteiger partial charge in [0.05, 0.1) is 16.5 Å². The van der Waals surface area contributed by atoms with E-state index in [1.807, 2.05) is 0 Å². The van der Waals surface area contributed by atoms with Crippen LogP contribution in [0.5, 0.6) is 0 Å². The average molecular weight is 354 g/mol. The lowest BCUT2D eigenvalue weighted by Gasteiger charge is -2.28. The maximum Gasteiger partial charge on any atom is 0.252 e. The standard InChI is InChI=1S/C20H23FN4O/c1-11(12-5-3-2-4-6-12)24-20-17-14-9-13(21)7-8-16(14)25-18(17)15(10-23-20)19(22)26/h7-12,25H,2-6H2,1H3,(H2,22,26)(H,23,24)/t11-/m1/s1. The number of H-pyrrole nitrogens is 1. The summed E-state index contributed by atoms with van der Waals surface area (Å²) in [7, 11) is 0. The monoisotopic (exact) mass is 354 g/mol. The van der Waals surface area contributed by atoms with Crippen molar-refractivity contribution >= 4 is 33.5 Å². The highest BCUT2D eigenvalue weighted by Crippen LogP contribution is 2.34. The number of pyridine rings is 1.